The molecule has 0 bridgehead atoms. The van der Waals surface area contributed by atoms with Crippen molar-refractivity contribution in [3.05, 3.63) is 46.3 Å². The molecule has 2 aromatic rings. The zero-order valence-electron chi connectivity index (χ0n) is 11.5. The Morgan fingerprint density at radius 3 is 3.00 bits per heavy atom. The zero-order valence-corrected chi connectivity index (χ0v) is 11.5. The highest BCUT2D eigenvalue weighted by Gasteiger charge is 2.29. The summed E-state index contributed by atoms with van der Waals surface area (Å²) >= 11 is 0. The van der Waals surface area contributed by atoms with Crippen LogP contribution in [0, 0.1) is 0 Å². The lowest BCUT2D eigenvalue weighted by molar-refractivity contribution is 0.0729. The van der Waals surface area contributed by atoms with Crippen molar-refractivity contribution in [2.24, 2.45) is 0 Å². The van der Waals surface area contributed by atoms with Gasteiger partial charge in [0.25, 0.3) is 5.91 Å². The summed E-state index contributed by atoms with van der Waals surface area (Å²) < 4.78 is 5.24. The first-order valence-electron chi connectivity index (χ1n) is 7.04. The summed E-state index contributed by atoms with van der Waals surface area (Å²) in [6.45, 7) is 2.79. The van der Waals surface area contributed by atoms with Crippen LogP contribution in [0.2, 0.25) is 0 Å². The minimum absolute atomic E-state index is 0.143. The Morgan fingerprint density at radius 1 is 1.40 bits per heavy atom. The SMILES string of the molecule is CCC1CCCN1C(=O)c1cc2ccccc2oc1=O. The first-order chi connectivity index (χ1) is 9.70. The molecule has 0 aliphatic carbocycles. The predicted octanol–water partition coefficient (Wildman–Crippen LogP) is 2.81. The van der Waals surface area contributed by atoms with Gasteiger partial charge in [0, 0.05) is 18.0 Å². The van der Waals surface area contributed by atoms with Gasteiger partial charge >= 0.3 is 5.63 Å². The van der Waals surface area contributed by atoms with Gasteiger partial charge in [0.2, 0.25) is 0 Å². The second kappa shape index (κ2) is 5.12. The molecular weight excluding hydrogens is 254 g/mol. The number of hydrogen-bond donors (Lipinski definition) is 0. The van der Waals surface area contributed by atoms with Crippen molar-refractivity contribution in [1.29, 1.82) is 0 Å². The molecule has 1 fully saturated rings. The number of para-hydroxylation sites is 1. The number of benzene rings is 1. The van der Waals surface area contributed by atoms with E-state index in [0.29, 0.717) is 5.58 Å². The van der Waals surface area contributed by atoms with Gasteiger partial charge in [0.05, 0.1) is 0 Å². The zero-order chi connectivity index (χ0) is 14.1. The Balaban J connectivity index is 2.03. The average molecular weight is 271 g/mol. The van der Waals surface area contributed by atoms with Crippen molar-refractivity contribution in [3.63, 3.8) is 0 Å². The highest BCUT2D eigenvalue weighted by molar-refractivity contribution is 5.96. The van der Waals surface area contributed by atoms with Crippen LogP contribution in [0.25, 0.3) is 11.0 Å². The van der Waals surface area contributed by atoms with Crippen molar-refractivity contribution in [2.75, 3.05) is 6.54 Å². The minimum atomic E-state index is -0.546. The van der Waals surface area contributed by atoms with Gasteiger partial charge in [-0.1, -0.05) is 25.1 Å². The number of carbonyl (C=O) groups is 1. The third kappa shape index (κ3) is 2.11. The Hall–Kier alpha value is -2.10. The Labute approximate surface area is 117 Å². The van der Waals surface area contributed by atoms with E-state index in [2.05, 4.69) is 6.92 Å². The molecular formula is C16H17NO3. The number of fused-ring (bicyclic) bond motifs is 1. The van der Waals surface area contributed by atoms with Crippen molar-refractivity contribution in [1.82, 2.24) is 4.90 Å². The normalized spacial score (nSPS) is 18.6. The van der Waals surface area contributed by atoms with Crippen LogP contribution in [0.1, 0.15) is 36.5 Å². The van der Waals surface area contributed by atoms with Crippen LogP contribution in [0.4, 0.5) is 0 Å². The van der Waals surface area contributed by atoms with E-state index in [9.17, 15) is 9.59 Å². The molecule has 1 aliphatic rings. The van der Waals surface area contributed by atoms with E-state index >= 15 is 0 Å². The molecule has 104 valence electrons. The third-order valence-electron chi connectivity index (χ3n) is 3.98. The predicted molar refractivity (Wildman–Crippen MR) is 76.8 cm³/mol. The maximum absolute atomic E-state index is 12.5. The maximum atomic E-state index is 12.5. The fourth-order valence-electron chi connectivity index (χ4n) is 2.89. The van der Waals surface area contributed by atoms with Crippen molar-refractivity contribution in [3.8, 4) is 0 Å². The lowest BCUT2D eigenvalue weighted by atomic mass is 10.1. The van der Waals surface area contributed by atoms with Crippen molar-refractivity contribution in [2.45, 2.75) is 32.2 Å². The van der Waals surface area contributed by atoms with E-state index in [1.165, 1.54) is 0 Å². The molecule has 1 unspecified atom stereocenters. The van der Waals surface area contributed by atoms with Gasteiger partial charge < -0.3 is 9.32 Å². The van der Waals surface area contributed by atoms with E-state index in [4.69, 9.17) is 4.42 Å². The monoisotopic (exact) mass is 271 g/mol. The summed E-state index contributed by atoms with van der Waals surface area (Å²) in [6, 6.07) is 9.13. The summed E-state index contributed by atoms with van der Waals surface area (Å²) in [5.41, 5.74) is 0.113. The lowest BCUT2D eigenvalue weighted by Gasteiger charge is -2.23. The first kappa shape index (κ1) is 12.9. The quantitative estimate of drug-likeness (QED) is 0.789. The van der Waals surface area contributed by atoms with Crippen LogP contribution in [-0.4, -0.2) is 23.4 Å². The molecule has 3 rings (SSSR count). The van der Waals surface area contributed by atoms with Gasteiger partial charge in [-0.05, 0) is 31.4 Å². The van der Waals surface area contributed by atoms with Gasteiger partial charge in [-0.15, -0.1) is 0 Å². The fraction of sp³-hybridized carbons (Fsp3) is 0.375. The third-order valence-corrected chi connectivity index (χ3v) is 3.98. The highest BCUT2D eigenvalue weighted by Crippen LogP contribution is 2.22. The fourth-order valence-corrected chi connectivity index (χ4v) is 2.89. The first-order valence-corrected chi connectivity index (χ1v) is 7.04. The van der Waals surface area contributed by atoms with Crippen LogP contribution in [0.3, 0.4) is 0 Å². The smallest absolute Gasteiger partial charge is 0.349 e. The molecule has 1 saturated heterocycles. The van der Waals surface area contributed by atoms with Gasteiger partial charge in [-0.3, -0.25) is 4.79 Å². The van der Waals surface area contributed by atoms with Crippen LogP contribution >= 0.6 is 0 Å². The lowest BCUT2D eigenvalue weighted by Crippen LogP contribution is -2.37. The molecule has 0 radical (unpaired) electrons. The molecule has 4 nitrogen and oxygen atoms in total. The molecule has 4 heteroatoms. The molecule has 1 aliphatic heterocycles. The highest BCUT2D eigenvalue weighted by atomic mass is 16.4. The van der Waals surface area contributed by atoms with Crippen LogP contribution in [0.5, 0.6) is 0 Å². The average Bonchev–Trinajstić information content (AvgIpc) is 2.94. The molecule has 1 atom stereocenters. The van der Waals surface area contributed by atoms with E-state index in [1.807, 2.05) is 12.1 Å². The Bertz CT molecular complexity index is 704. The topological polar surface area (TPSA) is 50.5 Å². The molecule has 0 spiro atoms. The van der Waals surface area contributed by atoms with Crippen molar-refractivity contribution >= 4 is 16.9 Å². The standard InChI is InChI=1S/C16H17NO3/c1-2-12-7-5-9-17(12)15(18)13-10-11-6-3-4-8-14(11)20-16(13)19/h3-4,6,8,10,12H,2,5,7,9H2,1H3. The minimum Gasteiger partial charge on any atom is -0.422 e. The van der Waals surface area contributed by atoms with Gasteiger partial charge in [0.1, 0.15) is 11.1 Å². The molecule has 0 N–H and O–H groups in total. The number of likely N-dealkylation sites (tertiary alicyclic amines) is 1. The molecule has 20 heavy (non-hydrogen) atoms. The molecule has 1 amide bonds. The summed E-state index contributed by atoms with van der Waals surface area (Å²) in [5.74, 6) is -0.200. The summed E-state index contributed by atoms with van der Waals surface area (Å²) in [6.07, 6.45) is 2.94. The number of rotatable bonds is 2. The maximum Gasteiger partial charge on any atom is 0.349 e. The largest absolute Gasteiger partial charge is 0.422 e. The van der Waals surface area contributed by atoms with Gasteiger partial charge in [-0.2, -0.15) is 0 Å². The van der Waals surface area contributed by atoms with E-state index in [1.54, 1.807) is 23.1 Å². The van der Waals surface area contributed by atoms with Crippen molar-refractivity contribution < 1.29 is 9.21 Å². The molecule has 1 aromatic heterocycles. The van der Waals surface area contributed by atoms with E-state index in [-0.39, 0.29) is 17.5 Å². The Kier molecular flexibility index (Phi) is 3.30. The number of amides is 1. The second-order valence-electron chi connectivity index (χ2n) is 5.19. The van der Waals surface area contributed by atoms with Gasteiger partial charge in [-0.25, -0.2) is 4.79 Å². The summed E-state index contributed by atoms with van der Waals surface area (Å²) in [4.78, 5) is 26.4. The summed E-state index contributed by atoms with van der Waals surface area (Å²) in [5, 5.41) is 0.780. The number of hydrogen-bond acceptors (Lipinski definition) is 3. The number of nitrogens with zero attached hydrogens (tertiary/aromatic N) is 1. The van der Waals surface area contributed by atoms with E-state index < -0.39 is 5.63 Å². The van der Waals surface area contributed by atoms with E-state index in [0.717, 1.165) is 31.2 Å². The Morgan fingerprint density at radius 2 is 2.20 bits per heavy atom. The van der Waals surface area contributed by atoms with Crippen LogP contribution in [-0.2, 0) is 0 Å². The summed E-state index contributed by atoms with van der Waals surface area (Å²) in [7, 11) is 0. The van der Waals surface area contributed by atoms with Crippen LogP contribution < -0.4 is 5.63 Å². The van der Waals surface area contributed by atoms with Crippen LogP contribution in [0.15, 0.2) is 39.5 Å². The molecule has 1 aromatic carbocycles. The second-order valence-corrected chi connectivity index (χ2v) is 5.19. The molecule has 2 heterocycles. The molecule has 0 saturated carbocycles. The number of carbonyl (C=O) groups excluding carboxylic acids is 1. The van der Waals surface area contributed by atoms with Gasteiger partial charge in [0.15, 0.2) is 0 Å².